The third kappa shape index (κ3) is 5.61. The molecule has 16 nitrogen and oxygen atoms in total. The van der Waals surface area contributed by atoms with Gasteiger partial charge in [0.2, 0.25) is 0 Å². The fraction of sp³-hybridized carbons (Fsp3) is 0. The molecule has 0 amide bonds. The zero-order valence-corrected chi connectivity index (χ0v) is 25.3. The summed E-state index contributed by atoms with van der Waals surface area (Å²) in [6.07, 6.45) is 0. The summed E-state index contributed by atoms with van der Waals surface area (Å²) in [6.45, 7) is 0. The van der Waals surface area contributed by atoms with Gasteiger partial charge in [-0.1, -0.05) is 24.3 Å². The molecule has 0 aliphatic heterocycles. The van der Waals surface area contributed by atoms with Gasteiger partial charge in [0.1, 0.15) is 0 Å². The summed E-state index contributed by atoms with van der Waals surface area (Å²) in [6, 6.07) is 9.63. The van der Waals surface area contributed by atoms with Crippen molar-refractivity contribution < 1.29 is 79.2 Å². The van der Waals surface area contributed by atoms with E-state index >= 15 is 0 Å². The Morgan fingerprint density at radius 2 is 0.408 bits per heavy atom. The minimum Gasteiger partial charge on any atom is -0.478 e. The van der Waals surface area contributed by atoms with Crippen molar-refractivity contribution >= 4 is 76.6 Å². The number of rotatable bonds is 12. The van der Waals surface area contributed by atoms with Gasteiger partial charge < -0.3 is 40.9 Å². The first-order chi connectivity index (χ1) is 23.0. The van der Waals surface area contributed by atoms with E-state index in [4.69, 9.17) is 0 Å². The second-order valence-electron chi connectivity index (χ2n) is 10.1. The summed E-state index contributed by atoms with van der Waals surface area (Å²) in [4.78, 5) is 104. The minimum atomic E-state index is -6.21. The molecule has 0 aliphatic rings. The zero-order valence-electron chi connectivity index (χ0n) is 24.3. The first-order valence-electron chi connectivity index (χ1n) is 13.4. The first-order valence-corrected chi connectivity index (χ1v) is 15.4. The monoisotopic (exact) mass is 688 g/mol. The highest BCUT2D eigenvalue weighted by Crippen LogP contribution is 2.25. The van der Waals surface area contributed by atoms with Crippen LogP contribution in [-0.2, 0) is 0 Å². The maximum Gasteiger partial charge on any atom is 0.335 e. The lowest BCUT2D eigenvalue weighted by Crippen LogP contribution is -2.81. The molecular formula is C32H20O16Si. The van der Waals surface area contributed by atoms with Gasteiger partial charge in [-0.05, 0) is 69.3 Å². The average Bonchev–Trinajstić information content (AvgIpc) is 3.04. The van der Waals surface area contributed by atoms with Crippen LogP contribution in [0.2, 0.25) is 0 Å². The summed E-state index contributed by atoms with van der Waals surface area (Å²) in [5, 5.41) is 79.4. The quantitative estimate of drug-likeness (QED) is 0.0748. The number of carbonyl (C=O) groups is 8. The molecule has 49 heavy (non-hydrogen) atoms. The van der Waals surface area contributed by atoms with Gasteiger partial charge >= 0.3 is 47.8 Å². The van der Waals surface area contributed by atoms with E-state index in [1.165, 1.54) is 0 Å². The Kier molecular flexibility index (Phi) is 9.16. The lowest BCUT2D eigenvalue weighted by atomic mass is 10.1. The molecule has 0 atom stereocenters. The molecule has 17 heteroatoms. The van der Waals surface area contributed by atoms with Crippen LogP contribution in [0.3, 0.4) is 0 Å². The maximum atomic E-state index is 13.0. The predicted molar refractivity (Wildman–Crippen MR) is 166 cm³/mol. The summed E-state index contributed by atoms with van der Waals surface area (Å²) in [5.41, 5.74) is -8.70. The predicted octanol–water partition coefficient (Wildman–Crippen LogP) is 0.650. The van der Waals surface area contributed by atoms with E-state index in [0.717, 1.165) is 72.8 Å². The SMILES string of the molecule is O=C(O)c1cccc(C(=O)O)c1[Si](c1c(C(=O)O)cccc1C(=O)O)(c1c(C(=O)O)cccc1C(=O)O)c1c(C(=O)O)cccc1C(=O)O. The third-order valence-electron chi connectivity index (χ3n) is 7.60. The van der Waals surface area contributed by atoms with Gasteiger partial charge in [-0.3, -0.25) is 0 Å². The van der Waals surface area contributed by atoms with E-state index in [0.29, 0.717) is 0 Å². The minimum absolute atomic E-state index is 0.753. The van der Waals surface area contributed by atoms with Crippen LogP contribution in [0, 0.1) is 0 Å². The number of hydrogen-bond donors (Lipinski definition) is 8. The Balaban J connectivity index is 2.80. The molecule has 8 N–H and O–H groups in total. The van der Waals surface area contributed by atoms with Gasteiger partial charge in [-0.2, -0.15) is 0 Å². The Morgan fingerprint density at radius 3 is 0.510 bits per heavy atom. The number of hydrogen-bond acceptors (Lipinski definition) is 8. The second-order valence-corrected chi connectivity index (χ2v) is 13.6. The molecule has 0 saturated carbocycles. The lowest BCUT2D eigenvalue weighted by molar-refractivity contribution is 0.0680. The summed E-state index contributed by atoms with van der Waals surface area (Å²) in [5.74, 6) is -15.9. The molecule has 0 aliphatic carbocycles. The Hall–Kier alpha value is -7.14. The molecule has 0 heterocycles. The average molecular weight is 689 g/mol. The fourth-order valence-electron chi connectivity index (χ4n) is 6.00. The van der Waals surface area contributed by atoms with Gasteiger partial charge in [0.15, 0.2) is 8.07 Å². The topological polar surface area (TPSA) is 298 Å². The highest BCUT2D eigenvalue weighted by molar-refractivity contribution is 7.22. The van der Waals surface area contributed by atoms with Crippen LogP contribution in [0.5, 0.6) is 0 Å². The molecule has 4 aromatic rings. The van der Waals surface area contributed by atoms with Crippen molar-refractivity contribution in [3.63, 3.8) is 0 Å². The van der Waals surface area contributed by atoms with Crippen molar-refractivity contribution in [2.45, 2.75) is 0 Å². The number of carboxylic acid groups (broad SMARTS) is 8. The van der Waals surface area contributed by atoms with Crippen molar-refractivity contribution in [1.29, 1.82) is 0 Å². The molecule has 248 valence electrons. The molecule has 0 radical (unpaired) electrons. The molecule has 4 rings (SSSR count). The van der Waals surface area contributed by atoms with E-state index in [-0.39, 0.29) is 0 Å². The van der Waals surface area contributed by atoms with Gasteiger partial charge in [0.25, 0.3) is 0 Å². The van der Waals surface area contributed by atoms with Crippen molar-refractivity contribution in [2.75, 3.05) is 0 Å². The number of carboxylic acids is 8. The number of aromatic carboxylic acids is 8. The van der Waals surface area contributed by atoms with Gasteiger partial charge in [0, 0.05) is 0 Å². The van der Waals surface area contributed by atoms with E-state index in [9.17, 15) is 79.2 Å². The summed E-state index contributed by atoms with van der Waals surface area (Å²) in [7, 11) is -6.21. The lowest BCUT2D eigenvalue weighted by Gasteiger charge is -2.40. The summed E-state index contributed by atoms with van der Waals surface area (Å²) < 4.78 is 0. The van der Waals surface area contributed by atoms with Gasteiger partial charge in [-0.25, -0.2) is 38.4 Å². The van der Waals surface area contributed by atoms with Gasteiger partial charge in [-0.15, -0.1) is 0 Å². The molecule has 0 unspecified atom stereocenters. The maximum absolute atomic E-state index is 13.0. The van der Waals surface area contributed by atoms with Crippen LogP contribution >= 0.6 is 0 Å². The van der Waals surface area contributed by atoms with Crippen molar-refractivity contribution in [3.8, 4) is 0 Å². The molecule has 0 fully saturated rings. The normalized spacial score (nSPS) is 10.9. The Bertz CT molecular complexity index is 1730. The van der Waals surface area contributed by atoms with Crippen LogP contribution in [0.15, 0.2) is 72.8 Å². The summed E-state index contributed by atoms with van der Waals surface area (Å²) >= 11 is 0. The Morgan fingerprint density at radius 1 is 0.286 bits per heavy atom. The molecule has 0 aromatic heterocycles. The highest BCUT2D eigenvalue weighted by Gasteiger charge is 2.56. The largest absolute Gasteiger partial charge is 0.478 e. The molecule has 0 spiro atoms. The van der Waals surface area contributed by atoms with E-state index < -0.39 is 121 Å². The molecular weight excluding hydrogens is 668 g/mol. The standard InChI is InChI=1S/C32H20O16Si/c33-25(34)13-5-1-6-14(26(35)36)21(13)49(22-15(27(37)38)7-2-8-16(22)28(39)40,23-17(29(41)42)9-3-10-18(23)30(43)44)24-19(31(45)46)11-4-12-20(24)32(47)48/h1-12H,(H,33,34)(H,35,36)(H,37,38)(H,39,40)(H,41,42)(H,43,44)(H,45,46)(H,47,48). The van der Waals surface area contributed by atoms with Crippen molar-refractivity contribution in [2.24, 2.45) is 0 Å². The molecule has 0 bridgehead atoms. The molecule has 4 aromatic carbocycles. The van der Waals surface area contributed by atoms with Crippen molar-refractivity contribution in [3.05, 3.63) is 117 Å². The third-order valence-corrected chi connectivity index (χ3v) is 12.8. The first kappa shape index (κ1) is 34.7. The smallest absolute Gasteiger partial charge is 0.335 e. The van der Waals surface area contributed by atoms with Crippen LogP contribution in [0.25, 0.3) is 0 Å². The van der Waals surface area contributed by atoms with Gasteiger partial charge in [0.05, 0.1) is 44.5 Å². The fourth-order valence-corrected chi connectivity index (χ4v) is 12.3. The van der Waals surface area contributed by atoms with Crippen LogP contribution in [0.1, 0.15) is 82.9 Å². The zero-order chi connectivity index (χ0) is 36.5. The van der Waals surface area contributed by atoms with E-state index in [1.54, 1.807) is 0 Å². The van der Waals surface area contributed by atoms with Crippen LogP contribution in [0.4, 0.5) is 0 Å². The van der Waals surface area contributed by atoms with E-state index in [1.807, 2.05) is 0 Å². The van der Waals surface area contributed by atoms with Crippen LogP contribution < -0.4 is 20.7 Å². The van der Waals surface area contributed by atoms with Crippen LogP contribution in [-0.4, -0.2) is 96.7 Å². The Labute approximate surface area is 273 Å². The molecule has 0 saturated heterocycles. The van der Waals surface area contributed by atoms with E-state index in [2.05, 4.69) is 0 Å². The second kappa shape index (κ2) is 12.9. The van der Waals surface area contributed by atoms with Crippen molar-refractivity contribution in [1.82, 2.24) is 0 Å². The highest BCUT2D eigenvalue weighted by atomic mass is 28.3. The number of benzene rings is 4.